The van der Waals surface area contributed by atoms with E-state index in [-0.39, 0.29) is 5.91 Å². The molecule has 1 saturated heterocycles. The predicted molar refractivity (Wildman–Crippen MR) is 48.6 cm³/mol. The van der Waals surface area contributed by atoms with Gasteiger partial charge in [-0.05, 0) is 31.9 Å². The summed E-state index contributed by atoms with van der Waals surface area (Å²) in [6.45, 7) is 4.25. The minimum absolute atomic E-state index is 0.119. The largest absolute Gasteiger partial charge is 0.339 e. The fraction of sp³-hybridized carbons (Fsp3) is 0.667. The monoisotopic (exact) mass is 168 g/mol. The highest BCUT2D eigenvalue weighted by Gasteiger charge is 2.23. The maximum Gasteiger partial charge on any atom is 0.246 e. The van der Waals surface area contributed by atoms with Crippen molar-refractivity contribution < 1.29 is 4.79 Å². The van der Waals surface area contributed by atoms with Crippen molar-refractivity contribution in [1.82, 2.24) is 4.90 Å². The van der Waals surface area contributed by atoms with Crippen molar-refractivity contribution in [3.63, 3.8) is 0 Å². The Morgan fingerprint density at radius 1 is 1.75 bits per heavy atom. The smallest absolute Gasteiger partial charge is 0.246 e. The number of rotatable bonds is 2. The summed E-state index contributed by atoms with van der Waals surface area (Å²) in [7, 11) is 0. The SMILES string of the molecule is C/C=C/C(=O)N1CCC(CN)C1. The molecule has 1 rings (SSSR count). The first kappa shape index (κ1) is 9.26. The second-order valence-corrected chi connectivity index (χ2v) is 3.17. The molecule has 0 aromatic rings. The van der Waals surface area contributed by atoms with Gasteiger partial charge in [-0.1, -0.05) is 6.08 Å². The highest BCUT2D eigenvalue weighted by atomic mass is 16.2. The molecule has 0 saturated carbocycles. The van der Waals surface area contributed by atoms with Crippen LogP contribution in [0.4, 0.5) is 0 Å². The third-order valence-corrected chi connectivity index (χ3v) is 2.24. The van der Waals surface area contributed by atoms with Crippen LogP contribution >= 0.6 is 0 Å². The van der Waals surface area contributed by atoms with Crippen molar-refractivity contribution in [3.8, 4) is 0 Å². The molecule has 12 heavy (non-hydrogen) atoms. The highest BCUT2D eigenvalue weighted by Crippen LogP contribution is 2.14. The van der Waals surface area contributed by atoms with Crippen LogP contribution in [0.25, 0.3) is 0 Å². The third-order valence-electron chi connectivity index (χ3n) is 2.24. The second-order valence-electron chi connectivity index (χ2n) is 3.17. The molecule has 0 aromatic heterocycles. The van der Waals surface area contributed by atoms with Gasteiger partial charge in [0.25, 0.3) is 0 Å². The summed E-state index contributed by atoms with van der Waals surface area (Å²) in [5, 5.41) is 0. The van der Waals surface area contributed by atoms with Crippen molar-refractivity contribution >= 4 is 5.91 Å². The quantitative estimate of drug-likeness (QED) is 0.605. The van der Waals surface area contributed by atoms with Crippen LogP contribution in [0.15, 0.2) is 12.2 Å². The van der Waals surface area contributed by atoms with Gasteiger partial charge in [-0.15, -0.1) is 0 Å². The lowest BCUT2D eigenvalue weighted by atomic mass is 10.1. The van der Waals surface area contributed by atoms with Crippen LogP contribution in [0.1, 0.15) is 13.3 Å². The number of likely N-dealkylation sites (tertiary alicyclic amines) is 1. The molecule has 0 aliphatic carbocycles. The van der Waals surface area contributed by atoms with E-state index in [0.717, 1.165) is 19.5 Å². The molecule has 68 valence electrons. The van der Waals surface area contributed by atoms with E-state index in [4.69, 9.17) is 5.73 Å². The van der Waals surface area contributed by atoms with Gasteiger partial charge in [-0.2, -0.15) is 0 Å². The summed E-state index contributed by atoms with van der Waals surface area (Å²) in [4.78, 5) is 13.2. The maximum atomic E-state index is 11.3. The Morgan fingerprint density at radius 2 is 2.50 bits per heavy atom. The van der Waals surface area contributed by atoms with Gasteiger partial charge in [0.1, 0.15) is 0 Å². The normalized spacial score (nSPS) is 23.8. The zero-order chi connectivity index (χ0) is 8.97. The van der Waals surface area contributed by atoms with E-state index in [9.17, 15) is 4.79 Å². The molecule has 1 aliphatic rings. The highest BCUT2D eigenvalue weighted by molar-refractivity contribution is 5.87. The first-order valence-corrected chi connectivity index (χ1v) is 4.39. The number of nitrogens with two attached hydrogens (primary N) is 1. The summed E-state index contributed by atoms with van der Waals surface area (Å²) in [5.41, 5.74) is 5.51. The molecule has 1 unspecified atom stereocenters. The van der Waals surface area contributed by atoms with Crippen molar-refractivity contribution in [3.05, 3.63) is 12.2 Å². The van der Waals surface area contributed by atoms with Gasteiger partial charge in [0.2, 0.25) is 5.91 Å². The van der Waals surface area contributed by atoms with Crippen LogP contribution in [0.3, 0.4) is 0 Å². The Hall–Kier alpha value is -0.830. The fourth-order valence-electron chi connectivity index (χ4n) is 1.47. The van der Waals surface area contributed by atoms with E-state index in [1.807, 2.05) is 11.8 Å². The van der Waals surface area contributed by atoms with Crippen LogP contribution in [-0.2, 0) is 4.79 Å². The molecule has 0 radical (unpaired) electrons. The van der Waals surface area contributed by atoms with Crippen molar-refractivity contribution in [1.29, 1.82) is 0 Å². The summed E-state index contributed by atoms with van der Waals surface area (Å²) < 4.78 is 0. The van der Waals surface area contributed by atoms with Gasteiger partial charge in [-0.3, -0.25) is 4.79 Å². The Morgan fingerprint density at radius 3 is 3.00 bits per heavy atom. The van der Waals surface area contributed by atoms with Crippen LogP contribution in [0.5, 0.6) is 0 Å². The van der Waals surface area contributed by atoms with Crippen LogP contribution in [-0.4, -0.2) is 30.4 Å². The summed E-state index contributed by atoms with van der Waals surface area (Å²) >= 11 is 0. The van der Waals surface area contributed by atoms with Gasteiger partial charge < -0.3 is 10.6 Å². The molecule has 1 amide bonds. The standard InChI is InChI=1S/C9H16N2O/c1-2-3-9(12)11-5-4-8(6-10)7-11/h2-3,8H,4-7,10H2,1H3/b3-2+. The number of amides is 1. The number of hydrogen-bond donors (Lipinski definition) is 1. The minimum atomic E-state index is 0.119. The van der Waals surface area contributed by atoms with Crippen molar-refractivity contribution in [2.45, 2.75) is 13.3 Å². The molecule has 0 spiro atoms. The number of carbonyl (C=O) groups excluding carboxylic acids is 1. The molecular weight excluding hydrogens is 152 g/mol. The predicted octanol–water partition coefficient (Wildman–Crippen LogP) is 0.370. The van der Waals surface area contributed by atoms with Crippen LogP contribution < -0.4 is 5.73 Å². The van der Waals surface area contributed by atoms with E-state index in [0.29, 0.717) is 12.5 Å². The number of carbonyl (C=O) groups is 1. The van der Waals surface area contributed by atoms with Gasteiger partial charge in [0.15, 0.2) is 0 Å². The third kappa shape index (κ3) is 2.08. The Bertz CT molecular complexity index is 189. The average molecular weight is 168 g/mol. The molecule has 1 fully saturated rings. The number of nitrogens with zero attached hydrogens (tertiary/aromatic N) is 1. The first-order valence-electron chi connectivity index (χ1n) is 4.39. The van der Waals surface area contributed by atoms with Gasteiger partial charge in [0, 0.05) is 13.1 Å². The van der Waals surface area contributed by atoms with Gasteiger partial charge in [0.05, 0.1) is 0 Å². The first-order chi connectivity index (χ1) is 5.77. The zero-order valence-electron chi connectivity index (χ0n) is 7.49. The zero-order valence-corrected chi connectivity index (χ0v) is 7.49. The minimum Gasteiger partial charge on any atom is -0.339 e. The number of allylic oxidation sites excluding steroid dienone is 1. The molecule has 1 heterocycles. The lowest BCUT2D eigenvalue weighted by molar-refractivity contribution is -0.125. The lowest BCUT2D eigenvalue weighted by Gasteiger charge is -2.13. The number of hydrogen-bond acceptors (Lipinski definition) is 2. The molecule has 2 N–H and O–H groups in total. The van der Waals surface area contributed by atoms with Gasteiger partial charge >= 0.3 is 0 Å². The Labute approximate surface area is 73.2 Å². The summed E-state index contributed by atoms with van der Waals surface area (Å²) in [5.74, 6) is 0.632. The molecule has 3 nitrogen and oxygen atoms in total. The Kier molecular flexibility index (Phi) is 3.29. The van der Waals surface area contributed by atoms with E-state index in [1.165, 1.54) is 0 Å². The molecule has 0 bridgehead atoms. The van der Waals surface area contributed by atoms with E-state index < -0.39 is 0 Å². The summed E-state index contributed by atoms with van der Waals surface area (Å²) in [6, 6.07) is 0. The maximum absolute atomic E-state index is 11.3. The Balaban J connectivity index is 2.41. The fourth-order valence-corrected chi connectivity index (χ4v) is 1.47. The molecular formula is C9H16N2O. The van der Waals surface area contributed by atoms with Gasteiger partial charge in [-0.25, -0.2) is 0 Å². The lowest BCUT2D eigenvalue weighted by Crippen LogP contribution is -2.28. The molecule has 1 aliphatic heterocycles. The van der Waals surface area contributed by atoms with Crippen molar-refractivity contribution in [2.24, 2.45) is 11.7 Å². The van der Waals surface area contributed by atoms with Crippen LogP contribution in [0.2, 0.25) is 0 Å². The molecule has 3 heteroatoms. The van der Waals surface area contributed by atoms with E-state index in [2.05, 4.69) is 0 Å². The molecule has 0 aromatic carbocycles. The topological polar surface area (TPSA) is 46.3 Å². The van der Waals surface area contributed by atoms with Crippen molar-refractivity contribution in [2.75, 3.05) is 19.6 Å². The molecule has 1 atom stereocenters. The van der Waals surface area contributed by atoms with E-state index in [1.54, 1.807) is 12.2 Å². The summed E-state index contributed by atoms with van der Waals surface area (Å²) in [6.07, 6.45) is 4.44. The van der Waals surface area contributed by atoms with E-state index >= 15 is 0 Å². The second kappa shape index (κ2) is 4.26. The van der Waals surface area contributed by atoms with Crippen LogP contribution in [0, 0.1) is 5.92 Å². The average Bonchev–Trinajstić information content (AvgIpc) is 2.52.